The lowest BCUT2D eigenvalue weighted by Gasteiger charge is -2.16. The number of rotatable bonds is 7. The minimum Gasteiger partial charge on any atom is -0.481 e. The summed E-state index contributed by atoms with van der Waals surface area (Å²) in [7, 11) is -3.75. The topological polar surface area (TPSA) is 84.5 Å². The molecule has 3 aromatic rings. The second-order valence-electron chi connectivity index (χ2n) is 7.26. The molecule has 0 saturated carbocycles. The summed E-state index contributed by atoms with van der Waals surface area (Å²) in [6.07, 6.45) is -0.766. The molecule has 3 aromatic carbocycles. The molecule has 0 saturated heterocycles. The Morgan fingerprint density at radius 3 is 2.06 bits per heavy atom. The molecular formula is C23H22BrClN2O4S. The van der Waals surface area contributed by atoms with Crippen LogP contribution in [-0.4, -0.2) is 20.4 Å². The Morgan fingerprint density at radius 1 is 0.969 bits per heavy atom. The van der Waals surface area contributed by atoms with E-state index < -0.39 is 16.1 Å². The number of hydrogen-bond donors (Lipinski definition) is 2. The fourth-order valence-corrected chi connectivity index (χ4v) is 4.36. The summed E-state index contributed by atoms with van der Waals surface area (Å²) in [6.45, 7) is 5.37. The van der Waals surface area contributed by atoms with Gasteiger partial charge in [-0.05, 0) is 92.6 Å². The van der Waals surface area contributed by atoms with Crippen LogP contribution in [0.5, 0.6) is 5.75 Å². The van der Waals surface area contributed by atoms with Gasteiger partial charge >= 0.3 is 0 Å². The predicted octanol–water partition coefficient (Wildman–Crippen LogP) is 5.93. The second-order valence-corrected chi connectivity index (χ2v) is 10.2. The quantitative estimate of drug-likeness (QED) is 0.391. The third-order valence-electron chi connectivity index (χ3n) is 4.62. The first-order valence-electron chi connectivity index (χ1n) is 9.68. The van der Waals surface area contributed by atoms with Crippen molar-refractivity contribution < 1.29 is 17.9 Å². The smallest absolute Gasteiger partial charge is 0.265 e. The summed E-state index contributed by atoms with van der Waals surface area (Å²) in [5, 5.41) is 3.39. The lowest BCUT2D eigenvalue weighted by Crippen LogP contribution is -2.30. The molecular weight excluding hydrogens is 516 g/mol. The van der Waals surface area contributed by atoms with E-state index >= 15 is 0 Å². The number of halogens is 2. The van der Waals surface area contributed by atoms with Crippen LogP contribution in [0.15, 0.2) is 70.0 Å². The summed E-state index contributed by atoms with van der Waals surface area (Å²) in [6, 6.07) is 16.2. The van der Waals surface area contributed by atoms with Crippen molar-refractivity contribution in [3.05, 3.63) is 81.3 Å². The van der Waals surface area contributed by atoms with E-state index in [1.54, 1.807) is 43.3 Å². The van der Waals surface area contributed by atoms with Gasteiger partial charge in [0.05, 0.1) is 4.90 Å². The van der Waals surface area contributed by atoms with Gasteiger partial charge in [-0.3, -0.25) is 9.52 Å². The second kappa shape index (κ2) is 9.94. The van der Waals surface area contributed by atoms with Crippen molar-refractivity contribution in [2.24, 2.45) is 0 Å². The van der Waals surface area contributed by atoms with E-state index in [-0.39, 0.29) is 10.8 Å². The minimum absolute atomic E-state index is 0.0785. The summed E-state index contributed by atoms with van der Waals surface area (Å²) in [5.74, 6) is 0.186. The lowest BCUT2D eigenvalue weighted by atomic mass is 10.1. The summed E-state index contributed by atoms with van der Waals surface area (Å²) in [5.41, 5.74) is 2.63. The van der Waals surface area contributed by atoms with E-state index in [2.05, 4.69) is 26.0 Å². The Balaban J connectivity index is 1.64. The maximum atomic E-state index is 12.6. The number of anilines is 2. The van der Waals surface area contributed by atoms with Crippen molar-refractivity contribution in [1.29, 1.82) is 0 Å². The van der Waals surface area contributed by atoms with Crippen LogP contribution in [0.1, 0.15) is 18.1 Å². The number of nitrogens with one attached hydrogen (secondary N) is 2. The molecule has 168 valence electrons. The van der Waals surface area contributed by atoms with E-state index in [1.165, 1.54) is 24.3 Å². The largest absolute Gasteiger partial charge is 0.481 e. The average Bonchev–Trinajstić information content (AvgIpc) is 2.74. The molecule has 0 aliphatic carbocycles. The predicted molar refractivity (Wildman–Crippen MR) is 131 cm³/mol. The van der Waals surface area contributed by atoms with Crippen molar-refractivity contribution in [3.8, 4) is 5.75 Å². The monoisotopic (exact) mass is 536 g/mol. The van der Waals surface area contributed by atoms with E-state index in [1.807, 2.05) is 13.8 Å². The van der Waals surface area contributed by atoms with Gasteiger partial charge in [-0.25, -0.2) is 8.42 Å². The van der Waals surface area contributed by atoms with Crippen molar-refractivity contribution >= 4 is 54.8 Å². The van der Waals surface area contributed by atoms with Crippen LogP contribution >= 0.6 is 27.5 Å². The number of ether oxygens (including phenoxy) is 1. The van der Waals surface area contributed by atoms with Crippen molar-refractivity contribution in [3.63, 3.8) is 0 Å². The molecule has 0 radical (unpaired) electrons. The van der Waals surface area contributed by atoms with Gasteiger partial charge in [0.25, 0.3) is 15.9 Å². The third kappa shape index (κ3) is 6.03. The molecule has 3 rings (SSSR count). The molecule has 0 heterocycles. The summed E-state index contributed by atoms with van der Waals surface area (Å²) in [4.78, 5) is 12.6. The van der Waals surface area contributed by atoms with Gasteiger partial charge < -0.3 is 10.1 Å². The number of amides is 1. The summed E-state index contributed by atoms with van der Waals surface area (Å²) < 4.78 is 34.2. The molecule has 0 aliphatic heterocycles. The Morgan fingerprint density at radius 2 is 1.50 bits per heavy atom. The van der Waals surface area contributed by atoms with Crippen LogP contribution < -0.4 is 14.8 Å². The van der Waals surface area contributed by atoms with E-state index in [0.717, 1.165) is 15.6 Å². The zero-order valence-corrected chi connectivity index (χ0v) is 20.8. The number of hydrogen-bond acceptors (Lipinski definition) is 4. The van der Waals surface area contributed by atoms with Gasteiger partial charge in [0.1, 0.15) is 5.75 Å². The van der Waals surface area contributed by atoms with Crippen LogP contribution in [0.3, 0.4) is 0 Å². The van der Waals surface area contributed by atoms with Gasteiger partial charge in [-0.2, -0.15) is 0 Å². The highest BCUT2D eigenvalue weighted by Gasteiger charge is 2.18. The van der Waals surface area contributed by atoms with Crippen molar-refractivity contribution in [1.82, 2.24) is 0 Å². The fourth-order valence-electron chi connectivity index (χ4n) is 2.93. The van der Waals surface area contributed by atoms with Crippen molar-refractivity contribution in [2.45, 2.75) is 31.8 Å². The van der Waals surface area contributed by atoms with E-state index in [9.17, 15) is 13.2 Å². The third-order valence-corrected chi connectivity index (χ3v) is 7.14. The highest BCUT2D eigenvalue weighted by molar-refractivity contribution is 9.10. The zero-order valence-electron chi connectivity index (χ0n) is 17.6. The molecule has 6 nitrogen and oxygen atoms in total. The Kier molecular flexibility index (Phi) is 7.48. The Hall–Kier alpha value is -2.55. The molecule has 1 atom stereocenters. The van der Waals surface area contributed by atoms with Gasteiger partial charge in [0, 0.05) is 20.9 Å². The highest BCUT2D eigenvalue weighted by atomic mass is 79.9. The molecule has 2 N–H and O–H groups in total. The maximum absolute atomic E-state index is 12.6. The molecule has 0 bridgehead atoms. The molecule has 0 aromatic heterocycles. The first-order chi connectivity index (χ1) is 15.0. The molecule has 0 aliphatic rings. The molecule has 0 fully saturated rings. The van der Waals surface area contributed by atoms with Crippen LogP contribution in [0.25, 0.3) is 0 Å². The van der Waals surface area contributed by atoms with Gasteiger partial charge in [0.15, 0.2) is 6.10 Å². The number of aryl methyl sites for hydroxylation is 2. The number of carbonyl (C=O) groups excluding carboxylic acids is 1. The van der Waals surface area contributed by atoms with Gasteiger partial charge in [0.2, 0.25) is 0 Å². The first-order valence-corrected chi connectivity index (χ1v) is 12.3. The highest BCUT2D eigenvalue weighted by Crippen LogP contribution is 2.27. The van der Waals surface area contributed by atoms with Crippen LogP contribution in [0.2, 0.25) is 5.02 Å². The summed E-state index contributed by atoms with van der Waals surface area (Å²) >= 11 is 9.48. The average molecular weight is 538 g/mol. The molecule has 9 heteroatoms. The standard InChI is InChI=1S/C23H22BrClN2O4S/c1-14-12-20(13-15(2)22(14)25)31-16(3)23(28)26-18-8-10-21(11-9-18)32(29,30)27-19-6-4-17(24)5-7-19/h4-13,16,27H,1-3H3,(H,26,28)/t16-/m0/s1. The van der Waals surface area contributed by atoms with Crippen LogP contribution in [0.4, 0.5) is 11.4 Å². The minimum atomic E-state index is -3.75. The van der Waals surface area contributed by atoms with Crippen molar-refractivity contribution in [2.75, 3.05) is 10.0 Å². The van der Waals surface area contributed by atoms with E-state index in [4.69, 9.17) is 16.3 Å². The molecule has 1 amide bonds. The molecule has 0 unspecified atom stereocenters. The zero-order chi connectivity index (χ0) is 23.5. The Labute approximate surface area is 201 Å². The van der Waals surface area contributed by atoms with Gasteiger partial charge in [-0.15, -0.1) is 0 Å². The van der Waals surface area contributed by atoms with Gasteiger partial charge in [-0.1, -0.05) is 27.5 Å². The lowest BCUT2D eigenvalue weighted by molar-refractivity contribution is -0.122. The first kappa shape index (κ1) is 24.1. The SMILES string of the molecule is Cc1cc(O[C@@H](C)C(=O)Nc2ccc(S(=O)(=O)Nc3ccc(Br)cc3)cc2)cc(C)c1Cl. The Bertz CT molecular complexity index is 1210. The molecule has 0 spiro atoms. The van der Waals surface area contributed by atoms with Crippen LogP contribution in [-0.2, 0) is 14.8 Å². The molecule has 32 heavy (non-hydrogen) atoms. The normalized spacial score (nSPS) is 12.2. The van der Waals surface area contributed by atoms with E-state index in [0.29, 0.717) is 22.1 Å². The number of carbonyl (C=O) groups is 1. The van der Waals surface area contributed by atoms with Crippen LogP contribution in [0, 0.1) is 13.8 Å². The number of sulfonamides is 1. The number of benzene rings is 3. The fraction of sp³-hybridized carbons (Fsp3) is 0.174. The maximum Gasteiger partial charge on any atom is 0.265 e.